The number of carbonyl (C=O) groups is 2. The summed E-state index contributed by atoms with van der Waals surface area (Å²) in [6.07, 6.45) is 6.20. The normalized spacial score (nSPS) is 22.1. The molecule has 0 aliphatic carbocycles. The maximum atomic E-state index is 13.0. The molecule has 0 spiro atoms. The molecule has 174 valence electrons. The van der Waals surface area contributed by atoms with Gasteiger partial charge in [-0.3, -0.25) is 14.6 Å². The fourth-order valence-corrected chi connectivity index (χ4v) is 5.12. The molecule has 0 saturated carbocycles. The van der Waals surface area contributed by atoms with Gasteiger partial charge in [0.25, 0.3) is 0 Å². The number of likely N-dealkylation sites (tertiary alicyclic amines) is 1. The molecule has 2 saturated heterocycles. The zero-order valence-electron chi connectivity index (χ0n) is 19.3. The minimum absolute atomic E-state index is 0.0181. The van der Waals surface area contributed by atoms with Crippen LogP contribution in [0.1, 0.15) is 50.2 Å². The summed E-state index contributed by atoms with van der Waals surface area (Å²) in [5.41, 5.74) is 4.27. The minimum Gasteiger partial charge on any atom is -0.381 e. The molecule has 0 aromatic heterocycles. The lowest BCUT2D eigenvalue weighted by molar-refractivity contribution is -0.142. The number of carbonyl (C=O) groups excluding carboxylic acids is 2. The Morgan fingerprint density at radius 1 is 1.19 bits per heavy atom. The summed E-state index contributed by atoms with van der Waals surface area (Å²) in [5.74, 6) is 0.923. The van der Waals surface area contributed by atoms with E-state index in [0.717, 1.165) is 61.3 Å². The number of nitrogens with one attached hydrogen (secondary N) is 1. The van der Waals surface area contributed by atoms with Crippen LogP contribution < -0.4 is 5.32 Å². The number of thioether (sulfide) groups is 1. The first kappa shape index (κ1) is 24.5. The second-order valence-electron chi connectivity index (χ2n) is 8.50. The molecule has 0 bridgehead atoms. The number of allylic oxidation sites excluding steroid dienone is 1. The van der Waals surface area contributed by atoms with Crippen molar-refractivity contribution in [2.45, 2.75) is 51.6 Å². The highest BCUT2D eigenvalue weighted by Gasteiger charge is 2.37. The van der Waals surface area contributed by atoms with Gasteiger partial charge in [-0.15, -0.1) is 0 Å². The molecule has 3 rings (SSSR count). The van der Waals surface area contributed by atoms with Gasteiger partial charge in [-0.25, -0.2) is 0 Å². The van der Waals surface area contributed by atoms with Gasteiger partial charge >= 0.3 is 0 Å². The van der Waals surface area contributed by atoms with Crippen LogP contribution in [0.3, 0.4) is 0 Å². The molecule has 1 aromatic rings. The number of ether oxygens (including phenoxy) is 1. The van der Waals surface area contributed by atoms with Crippen LogP contribution in [-0.4, -0.2) is 61.2 Å². The third-order valence-corrected chi connectivity index (χ3v) is 6.95. The van der Waals surface area contributed by atoms with E-state index in [1.54, 1.807) is 16.7 Å². The van der Waals surface area contributed by atoms with Crippen molar-refractivity contribution in [2.24, 2.45) is 10.9 Å². The summed E-state index contributed by atoms with van der Waals surface area (Å²) in [6.45, 7) is 8.11. The lowest BCUT2D eigenvalue weighted by Gasteiger charge is -2.27. The molecular weight excluding hydrogens is 422 g/mol. The number of benzene rings is 1. The van der Waals surface area contributed by atoms with Crippen LogP contribution in [0, 0.1) is 5.92 Å². The van der Waals surface area contributed by atoms with Gasteiger partial charge in [-0.05, 0) is 68.7 Å². The van der Waals surface area contributed by atoms with E-state index in [2.05, 4.69) is 35.4 Å². The maximum absolute atomic E-state index is 13.0. The molecule has 2 heterocycles. The van der Waals surface area contributed by atoms with E-state index in [9.17, 15) is 9.59 Å². The number of amides is 2. The van der Waals surface area contributed by atoms with Gasteiger partial charge in [0.1, 0.15) is 6.04 Å². The lowest BCUT2D eigenvalue weighted by Crippen LogP contribution is -2.47. The average Bonchev–Trinajstić information content (AvgIpc) is 3.15. The van der Waals surface area contributed by atoms with Crippen LogP contribution in [0.15, 0.2) is 35.0 Å². The van der Waals surface area contributed by atoms with E-state index >= 15 is 0 Å². The zero-order valence-corrected chi connectivity index (χ0v) is 20.1. The first-order valence-electron chi connectivity index (χ1n) is 11.5. The lowest BCUT2D eigenvalue weighted by atomic mass is 9.98. The fourth-order valence-electron chi connectivity index (χ4n) is 4.46. The number of rotatable bonds is 8. The van der Waals surface area contributed by atoms with Gasteiger partial charge in [0.05, 0.1) is 0 Å². The summed E-state index contributed by atoms with van der Waals surface area (Å²) >= 11 is 1.75. The van der Waals surface area contributed by atoms with E-state index in [1.807, 2.05) is 19.1 Å². The Hall–Kier alpha value is -2.12. The van der Waals surface area contributed by atoms with Crippen LogP contribution in [0.25, 0.3) is 5.57 Å². The van der Waals surface area contributed by atoms with Crippen LogP contribution in [0.2, 0.25) is 0 Å². The summed E-state index contributed by atoms with van der Waals surface area (Å²) in [4.78, 5) is 31.9. The predicted molar refractivity (Wildman–Crippen MR) is 132 cm³/mol. The van der Waals surface area contributed by atoms with E-state index < -0.39 is 0 Å². The van der Waals surface area contributed by atoms with Gasteiger partial charge in [-0.2, -0.15) is 11.8 Å². The van der Waals surface area contributed by atoms with E-state index in [-0.39, 0.29) is 23.8 Å². The second-order valence-corrected chi connectivity index (χ2v) is 9.37. The number of hydrogen-bond acceptors (Lipinski definition) is 5. The Labute approximate surface area is 195 Å². The highest BCUT2D eigenvalue weighted by atomic mass is 32.2. The third kappa shape index (κ3) is 6.23. The molecule has 2 aliphatic heterocycles. The number of nitrogens with zero attached hydrogens (tertiary/aromatic N) is 2. The monoisotopic (exact) mass is 457 g/mol. The molecule has 0 radical (unpaired) electrons. The van der Waals surface area contributed by atoms with Crippen LogP contribution in [0.5, 0.6) is 0 Å². The third-order valence-electron chi connectivity index (χ3n) is 6.37. The molecule has 32 heavy (non-hydrogen) atoms. The van der Waals surface area contributed by atoms with Crippen molar-refractivity contribution in [3.05, 3.63) is 41.1 Å². The quantitative estimate of drug-likeness (QED) is 0.601. The Balaban J connectivity index is 1.58. The molecule has 2 fully saturated rings. The molecule has 7 heteroatoms. The van der Waals surface area contributed by atoms with Crippen molar-refractivity contribution in [1.82, 2.24) is 10.2 Å². The van der Waals surface area contributed by atoms with Crippen LogP contribution in [-0.2, 0) is 20.9 Å². The molecule has 2 aliphatic rings. The predicted octanol–water partition coefficient (Wildman–Crippen LogP) is 3.91. The minimum atomic E-state index is -0.358. The molecule has 6 nitrogen and oxygen atoms in total. The smallest absolute Gasteiger partial charge is 0.243 e. The van der Waals surface area contributed by atoms with Crippen molar-refractivity contribution in [1.29, 1.82) is 0 Å². The Kier molecular flexibility index (Phi) is 9.36. The molecule has 2 atom stereocenters. The maximum Gasteiger partial charge on any atom is 0.243 e. The van der Waals surface area contributed by atoms with Crippen LogP contribution >= 0.6 is 11.8 Å². The van der Waals surface area contributed by atoms with Gasteiger partial charge in [0.2, 0.25) is 11.8 Å². The van der Waals surface area contributed by atoms with Crippen molar-refractivity contribution in [2.75, 3.05) is 31.8 Å². The summed E-state index contributed by atoms with van der Waals surface area (Å²) in [5, 5.41) is 3.05. The van der Waals surface area contributed by atoms with E-state index in [0.29, 0.717) is 19.7 Å². The Bertz CT molecular complexity index is 829. The van der Waals surface area contributed by atoms with Crippen molar-refractivity contribution in [3.8, 4) is 0 Å². The van der Waals surface area contributed by atoms with E-state index in [4.69, 9.17) is 4.74 Å². The molecule has 1 unspecified atom stereocenters. The summed E-state index contributed by atoms with van der Waals surface area (Å²) in [7, 11) is 0. The number of aliphatic imine (C=N–C) groups is 1. The SMILES string of the molecule is C=N/C(C)=C(\CSC)c1ccc(CNC(=O)[C@@H]2CCCN2C(=O)C2CCCOCC2)cc1. The van der Waals surface area contributed by atoms with Gasteiger partial charge in [-0.1, -0.05) is 24.3 Å². The highest BCUT2D eigenvalue weighted by molar-refractivity contribution is 7.99. The van der Waals surface area contributed by atoms with Crippen molar-refractivity contribution < 1.29 is 14.3 Å². The van der Waals surface area contributed by atoms with Crippen molar-refractivity contribution >= 4 is 35.9 Å². The average molecular weight is 458 g/mol. The topological polar surface area (TPSA) is 71.0 Å². The van der Waals surface area contributed by atoms with Gasteiger partial charge in [0.15, 0.2) is 0 Å². The fraction of sp³-hybridized carbons (Fsp3) is 0.560. The molecule has 2 amide bonds. The van der Waals surface area contributed by atoms with Gasteiger partial charge < -0.3 is 15.0 Å². The van der Waals surface area contributed by atoms with E-state index in [1.165, 1.54) is 5.57 Å². The second kappa shape index (κ2) is 12.2. The number of hydrogen-bond donors (Lipinski definition) is 1. The summed E-state index contributed by atoms with van der Waals surface area (Å²) < 4.78 is 5.49. The standard InChI is InChI=1S/C25H35N3O3S/c1-18(26-2)22(17-32-3)20-10-8-19(9-11-20)16-27-24(29)23-7-4-13-28(23)25(30)21-6-5-14-31-15-12-21/h8-11,21,23H,2,4-7,12-17H2,1,3H3,(H,27,29)/b22-18+/t21?,23-/m0/s1. The first-order chi connectivity index (χ1) is 15.5. The molecule has 1 aromatic carbocycles. The van der Waals surface area contributed by atoms with Crippen molar-refractivity contribution in [3.63, 3.8) is 0 Å². The highest BCUT2D eigenvalue weighted by Crippen LogP contribution is 2.26. The molecular formula is C25H35N3O3S. The Morgan fingerprint density at radius 3 is 2.69 bits per heavy atom. The zero-order chi connectivity index (χ0) is 22.9. The van der Waals surface area contributed by atoms with Gasteiger partial charge in [0, 0.05) is 43.7 Å². The largest absolute Gasteiger partial charge is 0.381 e. The summed E-state index contributed by atoms with van der Waals surface area (Å²) in [6, 6.07) is 7.86. The Morgan fingerprint density at radius 2 is 1.97 bits per heavy atom. The van der Waals surface area contributed by atoms with Crippen LogP contribution in [0.4, 0.5) is 0 Å². The first-order valence-corrected chi connectivity index (χ1v) is 12.8. The molecule has 1 N–H and O–H groups in total.